The predicted molar refractivity (Wildman–Crippen MR) is 69.0 cm³/mol. The molecular formula is C12H26O4Si. The Morgan fingerprint density at radius 3 is 1.88 bits per heavy atom. The molecule has 0 N–H and O–H groups in total. The molecule has 0 aromatic heterocycles. The molecule has 1 saturated heterocycles. The Morgan fingerprint density at radius 2 is 1.53 bits per heavy atom. The zero-order valence-corrected chi connectivity index (χ0v) is 12.4. The molecule has 1 fully saturated rings. The minimum atomic E-state index is -2.39. The lowest BCUT2D eigenvalue weighted by Gasteiger charge is -2.30. The topological polar surface area (TPSA) is 36.9 Å². The molecule has 102 valence electrons. The van der Waals surface area contributed by atoms with E-state index in [4.69, 9.17) is 18.0 Å². The van der Waals surface area contributed by atoms with Crippen molar-refractivity contribution in [3.63, 3.8) is 0 Å². The summed E-state index contributed by atoms with van der Waals surface area (Å²) in [6, 6.07) is 0.930. The van der Waals surface area contributed by atoms with Crippen LogP contribution in [0.4, 0.5) is 0 Å². The van der Waals surface area contributed by atoms with Gasteiger partial charge in [-0.1, -0.05) is 0 Å². The molecular weight excluding hydrogens is 236 g/mol. The number of hydrogen-bond donors (Lipinski definition) is 0. The monoisotopic (exact) mass is 262 g/mol. The van der Waals surface area contributed by atoms with E-state index in [9.17, 15) is 0 Å². The molecule has 1 aliphatic heterocycles. The fourth-order valence-electron chi connectivity index (χ4n) is 2.06. The minimum Gasteiger partial charge on any atom is -0.381 e. The van der Waals surface area contributed by atoms with Gasteiger partial charge < -0.3 is 18.0 Å². The molecule has 0 atom stereocenters. The van der Waals surface area contributed by atoms with E-state index < -0.39 is 8.80 Å². The third-order valence-electron chi connectivity index (χ3n) is 2.90. The first-order chi connectivity index (χ1) is 8.26. The Balaban J connectivity index is 2.35. The summed E-state index contributed by atoms with van der Waals surface area (Å²) in [4.78, 5) is 0. The molecule has 1 aliphatic rings. The second-order valence-electron chi connectivity index (χ2n) is 4.28. The summed E-state index contributed by atoms with van der Waals surface area (Å²) in [6.45, 7) is 9.84. The van der Waals surface area contributed by atoms with Gasteiger partial charge in [0.15, 0.2) is 0 Å². The van der Waals surface area contributed by atoms with Gasteiger partial charge in [0.2, 0.25) is 0 Å². The first-order valence-electron chi connectivity index (χ1n) is 6.76. The van der Waals surface area contributed by atoms with Crippen molar-refractivity contribution in [3.8, 4) is 0 Å². The van der Waals surface area contributed by atoms with Crippen LogP contribution in [0.2, 0.25) is 6.04 Å². The largest absolute Gasteiger partial charge is 0.500 e. The second-order valence-corrected chi connectivity index (χ2v) is 7.01. The van der Waals surface area contributed by atoms with Gasteiger partial charge in [-0.3, -0.25) is 0 Å². The lowest BCUT2D eigenvalue weighted by atomic mass is 10.0. The molecule has 0 amide bonds. The zero-order chi connectivity index (χ0) is 12.6. The highest BCUT2D eigenvalue weighted by Crippen LogP contribution is 2.23. The summed E-state index contributed by atoms with van der Waals surface area (Å²) in [7, 11) is -2.39. The van der Waals surface area contributed by atoms with E-state index in [1.807, 2.05) is 20.8 Å². The highest BCUT2D eigenvalue weighted by Gasteiger charge is 2.39. The maximum absolute atomic E-state index is 5.81. The van der Waals surface area contributed by atoms with Gasteiger partial charge in [0.1, 0.15) is 0 Å². The average molecular weight is 262 g/mol. The summed E-state index contributed by atoms with van der Waals surface area (Å²) in [6.07, 6.45) is 2.31. The van der Waals surface area contributed by atoms with Crippen molar-refractivity contribution in [2.45, 2.75) is 39.7 Å². The maximum Gasteiger partial charge on any atom is 0.500 e. The van der Waals surface area contributed by atoms with Crippen LogP contribution in [0.25, 0.3) is 0 Å². The summed E-state index contributed by atoms with van der Waals surface area (Å²) in [5.41, 5.74) is 0. The number of hydrogen-bond acceptors (Lipinski definition) is 4. The third-order valence-corrected chi connectivity index (χ3v) is 6.05. The van der Waals surface area contributed by atoms with E-state index in [0.29, 0.717) is 19.8 Å². The first-order valence-corrected chi connectivity index (χ1v) is 8.69. The molecule has 5 heteroatoms. The zero-order valence-electron chi connectivity index (χ0n) is 11.4. The summed E-state index contributed by atoms with van der Waals surface area (Å²) < 4.78 is 22.6. The highest BCUT2D eigenvalue weighted by atomic mass is 28.4. The maximum atomic E-state index is 5.81. The smallest absolute Gasteiger partial charge is 0.381 e. The number of rotatable bonds is 10. The molecule has 1 heterocycles. The van der Waals surface area contributed by atoms with Gasteiger partial charge >= 0.3 is 8.80 Å². The predicted octanol–water partition coefficient (Wildman–Crippen LogP) is 2.46. The molecule has 0 bridgehead atoms. The Kier molecular flexibility index (Phi) is 7.30. The normalized spacial score (nSPS) is 17.1. The van der Waals surface area contributed by atoms with Crippen LogP contribution in [0.3, 0.4) is 0 Å². The summed E-state index contributed by atoms with van der Waals surface area (Å²) in [5, 5.41) is 0. The van der Waals surface area contributed by atoms with Crippen LogP contribution in [0.5, 0.6) is 0 Å². The Morgan fingerprint density at radius 1 is 1.00 bits per heavy atom. The van der Waals surface area contributed by atoms with E-state index >= 15 is 0 Å². The standard InChI is InChI=1S/C12H26O4Si/c1-4-14-17(15-5-2,16-6-3)9-7-8-12-10-13-11-12/h12H,4-11H2,1-3H3. The van der Waals surface area contributed by atoms with E-state index in [1.165, 1.54) is 6.42 Å². The van der Waals surface area contributed by atoms with E-state index in [-0.39, 0.29) is 0 Å². The van der Waals surface area contributed by atoms with Gasteiger partial charge in [-0.15, -0.1) is 0 Å². The van der Waals surface area contributed by atoms with Gasteiger partial charge in [0, 0.05) is 31.8 Å². The second kappa shape index (κ2) is 8.21. The Labute approximate surface area is 106 Å². The van der Waals surface area contributed by atoms with Gasteiger partial charge in [-0.05, 0) is 33.6 Å². The van der Waals surface area contributed by atoms with E-state index in [2.05, 4.69) is 0 Å². The first kappa shape index (κ1) is 15.1. The quantitative estimate of drug-likeness (QED) is 0.567. The molecule has 0 saturated carbocycles. The van der Waals surface area contributed by atoms with Crippen molar-refractivity contribution in [1.29, 1.82) is 0 Å². The van der Waals surface area contributed by atoms with Crippen molar-refractivity contribution in [3.05, 3.63) is 0 Å². The SMILES string of the molecule is CCO[Si](CCCC1COC1)(OCC)OCC. The molecule has 0 aromatic rings. The molecule has 1 rings (SSSR count). The Hall–Kier alpha value is 0.0569. The molecule has 4 nitrogen and oxygen atoms in total. The lowest BCUT2D eigenvalue weighted by Crippen LogP contribution is -2.46. The van der Waals surface area contributed by atoms with Crippen LogP contribution >= 0.6 is 0 Å². The van der Waals surface area contributed by atoms with Crippen molar-refractivity contribution in [2.24, 2.45) is 5.92 Å². The molecule has 0 aromatic carbocycles. The fourth-order valence-corrected chi connectivity index (χ4v) is 4.70. The summed E-state index contributed by atoms with van der Waals surface area (Å²) >= 11 is 0. The highest BCUT2D eigenvalue weighted by molar-refractivity contribution is 6.60. The molecule has 0 unspecified atom stereocenters. The molecule has 0 radical (unpaired) electrons. The molecule has 0 aliphatic carbocycles. The van der Waals surface area contributed by atoms with Gasteiger partial charge in [-0.25, -0.2) is 0 Å². The van der Waals surface area contributed by atoms with Crippen LogP contribution in [0, 0.1) is 5.92 Å². The average Bonchev–Trinajstić information content (AvgIpc) is 2.23. The van der Waals surface area contributed by atoms with Crippen molar-refractivity contribution in [1.82, 2.24) is 0 Å². The minimum absolute atomic E-state index is 0.665. The van der Waals surface area contributed by atoms with Crippen LogP contribution in [0.15, 0.2) is 0 Å². The summed E-state index contributed by atoms with van der Waals surface area (Å²) in [5.74, 6) is 0.742. The fraction of sp³-hybridized carbons (Fsp3) is 1.00. The molecule has 0 spiro atoms. The van der Waals surface area contributed by atoms with Crippen LogP contribution in [0.1, 0.15) is 33.6 Å². The van der Waals surface area contributed by atoms with Crippen LogP contribution < -0.4 is 0 Å². The van der Waals surface area contributed by atoms with Crippen molar-refractivity contribution < 1.29 is 18.0 Å². The van der Waals surface area contributed by atoms with Gasteiger partial charge in [-0.2, -0.15) is 0 Å². The number of ether oxygens (including phenoxy) is 1. The lowest BCUT2D eigenvalue weighted by molar-refractivity contribution is -0.0364. The van der Waals surface area contributed by atoms with Crippen molar-refractivity contribution >= 4 is 8.80 Å². The third kappa shape index (κ3) is 5.05. The van der Waals surface area contributed by atoms with Crippen LogP contribution in [-0.2, 0) is 18.0 Å². The Bertz CT molecular complexity index is 180. The van der Waals surface area contributed by atoms with Crippen LogP contribution in [-0.4, -0.2) is 41.8 Å². The molecule has 17 heavy (non-hydrogen) atoms. The van der Waals surface area contributed by atoms with Crippen molar-refractivity contribution in [2.75, 3.05) is 33.0 Å². The van der Waals surface area contributed by atoms with Gasteiger partial charge in [0.25, 0.3) is 0 Å². The van der Waals surface area contributed by atoms with Gasteiger partial charge in [0.05, 0.1) is 13.2 Å². The van der Waals surface area contributed by atoms with E-state index in [1.54, 1.807) is 0 Å². The van der Waals surface area contributed by atoms with E-state index in [0.717, 1.165) is 31.6 Å².